The van der Waals surface area contributed by atoms with Crippen molar-refractivity contribution in [1.29, 1.82) is 0 Å². The van der Waals surface area contributed by atoms with Crippen molar-refractivity contribution in [2.45, 2.75) is 44.4 Å². The summed E-state index contributed by atoms with van der Waals surface area (Å²) in [7, 11) is 0. The molecule has 0 saturated carbocycles. The third-order valence-corrected chi connectivity index (χ3v) is 5.63. The van der Waals surface area contributed by atoms with Gasteiger partial charge in [-0.15, -0.1) is 0 Å². The lowest BCUT2D eigenvalue weighted by Gasteiger charge is -2.47. The summed E-state index contributed by atoms with van der Waals surface area (Å²) in [6, 6.07) is 3.86. The average Bonchev–Trinajstić information content (AvgIpc) is 2.61. The maximum absolute atomic E-state index is 14.6. The van der Waals surface area contributed by atoms with Crippen molar-refractivity contribution >= 4 is 5.69 Å². The molecule has 2 heterocycles. The van der Waals surface area contributed by atoms with E-state index in [-0.39, 0.29) is 24.1 Å². The van der Waals surface area contributed by atoms with E-state index in [1.807, 2.05) is 6.92 Å². The highest BCUT2D eigenvalue weighted by Crippen LogP contribution is 2.48. The fraction of sp³-hybridized carbons (Fsp3) is 0.500. The number of halogens is 1. The molecule has 4 rings (SSSR count). The predicted molar refractivity (Wildman–Crippen MR) is 94.3 cm³/mol. The normalized spacial score (nSPS) is 34.4. The second-order valence-corrected chi connectivity index (χ2v) is 7.25. The molecule has 24 heavy (non-hydrogen) atoms. The van der Waals surface area contributed by atoms with E-state index in [0.29, 0.717) is 24.1 Å². The fourth-order valence-electron chi connectivity index (χ4n) is 4.46. The zero-order chi connectivity index (χ0) is 16.7. The number of hydrogen-bond acceptors (Lipinski definition) is 3. The Balaban J connectivity index is 1.74. The number of rotatable bonds is 2. The van der Waals surface area contributed by atoms with Gasteiger partial charge in [0.15, 0.2) is 0 Å². The first-order valence-corrected chi connectivity index (χ1v) is 8.93. The molecule has 1 aromatic rings. The van der Waals surface area contributed by atoms with Gasteiger partial charge in [-0.05, 0) is 37.8 Å². The Labute approximate surface area is 142 Å². The molecule has 0 spiro atoms. The third-order valence-electron chi connectivity index (χ3n) is 5.63. The molecule has 4 heteroatoms. The SMILES string of the molecule is Cc1cc(F)c2c(c1)[C@H]1O[C@@H](CN)CC[C@H]1[C@H](C1C=CC=CC1)N2. The quantitative estimate of drug-likeness (QED) is 0.867. The first-order valence-electron chi connectivity index (χ1n) is 8.93. The van der Waals surface area contributed by atoms with Gasteiger partial charge in [-0.2, -0.15) is 0 Å². The number of hydrogen-bond donors (Lipinski definition) is 2. The van der Waals surface area contributed by atoms with E-state index < -0.39 is 0 Å². The number of nitrogens with two attached hydrogens (primary N) is 1. The van der Waals surface area contributed by atoms with Crippen LogP contribution in [0.1, 0.15) is 36.5 Å². The number of fused-ring (bicyclic) bond motifs is 3. The van der Waals surface area contributed by atoms with Gasteiger partial charge < -0.3 is 15.8 Å². The minimum Gasteiger partial charge on any atom is -0.379 e. The zero-order valence-electron chi connectivity index (χ0n) is 14.0. The predicted octanol–water partition coefficient (Wildman–Crippen LogP) is 3.86. The van der Waals surface area contributed by atoms with Crippen molar-refractivity contribution in [2.75, 3.05) is 11.9 Å². The summed E-state index contributed by atoms with van der Waals surface area (Å²) in [6.45, 7) is 2.46. The van der Waals surface area contributed by atoms with Crippen molar-refractivity contribution < 1.29 is 9.13 Å². The van der Waals surface area contributed by atoms with Gasteiger partial charge in [-0.3, -0.25) is 0 Å². The molecule has 1 aliphatic carbocycles. The molecule has 128 valence electrons. The van der Waals surface area contributed by atoms with E-state index in [9.17, 15) is 4.39 Å². The van der Waals surface area contributed by atoms with Crippen LogP contribution in [0.25, 0.3) is 0 Å². The standard InChI is InChI=1S/C20H25FN2O/c1-12-9-16-19(17(21)10-12)23-18(13-5-3-2-4-6-13)15-8-7-14(11-22)24-20(15)16/h2-5,9-10,13-15,18,20,23H,6-8,11,22H2,1H3/t13?,14-,15+,18+,20+/m1/s1. The zero-order valence-corrected chi connectivity index (χ0v) is 14.0. The highest BCUT2D eigenvalue weighted by Gasteiger charge is 2.44. The molecule has 3 nitrogen and oxygen atoms in total. The van der Waals surface area contributed by atoms with Crippen LogP contribution in [0.4, 0.5) is 10.1 Å². The number of benzene rings is 1. The van der Waals surface area contributed by atoms with Crippen molar-refractivity contribution in [3.05, 3.63) is 53.4 Å². The molecule has 2 aliphatic heterocycles. The largest absolute Gasteiger partial charge is 0.379 e. The van der Waals surface area contributed by atoms with E-state index >= 15 is 0 Å². The van der Waals surface area contributed by atoms with Gasteiger partial charge in [0.25, 0.3) is 0 Å². The molecule has 1 saturated heterocycles. The highest BCUT2D eigenvalue weighted by atomic mass is 19.1. The fourth-order valence-corrected chi connectivity index (χ4v) is 4.46. The van der Waals surface area contributed by atoms with Crippen LogP contribution in [0.15, 0.2) is 36.4 Å². The summed E-state index contributed by atoms with van der Waals surface area (Å²) in [4.78, 5) is 0. The van der Waals surface area contributed by atoms with Gasteiger partial charge in [-0.25, -0.2) is 4.39 Å². The van der Waals surface area contributed by atoms with Gasteiger partial charge in [0, 0.05) is 30.0 Å². The number of ether oxygens (including phenoxy) is 1. The summed E-state index contributed by atoms with van der Waals surface area (Å²) in [5, 5.41) is 3.52. The van der Waals surface area contributed by atoms with E-state index in [1.165, 1.54) is 0 Å². The van der Waals surface area contributed by atoms with Crippen molar-refractivity contribution in [1.82, 2.24) is 0 Å². The van der Waals surface area contributed by atoms with Crippen LogP contribution in [0.3, 0.4) is 0 Å². The van der Waals surface area contributed by atoms with Gasteiger partial charge >= 0.3 is 0 Å². The van der Waals surface area contributed by atoms with Crippen LogP contribution in [0.2, 0.25) is 0 Å². The van der Waals surface area contributed by atoms with Gasteiger partial charge in [-0.1, -0.05) is 30.4 Å². The highest BCUT2D eigenvalue weighted by molar-refractivity contribution is 5.58. The Morgan fingerprint density at radius 3 is 2.92 bits per heavy atom. The van der Waals surface area contributed by atoms with Crippen LogP contribution in [0, 0.1) is 24.6 Å². The Hall–Kier alpha value is -1.65. The maximum atomic E-state index is 14.6. The van der Waals surface area contributed by atoms with Crippen LogP contribution in [0.5, 0.6) is 0 Å². The maximum Gasteiger partial charge on any atom is 0.146 e. The smallest absolute Gasteiger partial charge is 0.146 e. The molecule has 1 unspecified atom stereocenters. The topological polar surface area (TPSA) is 47.3 Å². The lowest BCUT2D eigenvalue weighted by atomic mass is 9.73. The third kappa shape index (κ3) is 2.68. The number of nitrogens with one attached hydrogen (secondary N) is 1. The second-order valence-electron chi connectivity index (χ2n) is 7.25. The number of allylic oxidation sites excluding steroid dienone is 3. The Morgan fingerprint density at radius 1 is 1.29 bits per heavy atom. The first-order chi connectivity index (χ1) is 11.7. The van der Waals surface area contributed by atoms with E-state index in [2.05, 4.69) is 35.7 Å². The minimum atomic E-state index is -0.178. The van der Waals surface area contributed by atoms with E-state index in [4.69, 9.17) is 10.5 Å². The molecule has 5 atom stereocenters. The van der Waals surface area contributed by atoms with E-state index in [0.717, 1.165) is 30.4 Å². The lowest BCUT2D eigenvalue weighted by molar-refractivity contribution is -0.0913. The summed E-state index contributed by atoms with van der Waals surface area (Å²) in [5.74, 6) is 0.541. The molecule has 0 amide bonds. The monoisotopic (exact) mass is 328 g/mol. The summed E-state index contributed by atoms with van der Waals surface area (Å²) >= 11 is 0. The van der Waals surface area contributed by atoms with Crippen molar-refractivity contribution in [3.8, 4) is 0 Å². The minimum absolute atomic E-state index is 0.0674. The Kier molecular flexibility index (Phi) is 4.19. The Bertz CT molecular complexity index is 684. The van der Waals surface area contributed by atoms with E-state index in [1.54, 1.807) is 6.07 Å². The molecular weight excluding hydrogens is 303 g/mol. The summed E-state index contributed by atoms with van der Waals surface area (Å²) in [6.07, 6.45) is 11.6. The van der Waals surface area contributed by atoms with Gasteiger partial charge in [0.05, 0.1) is 17.9 Å². The molecule has 1 aromatic carbocycles. The molecule has 0 bridgehead atoms. The van der Waals surface area contributed by atoms with Crippen LogP contribution < -0.4 is 11.1 Å². The molecule has 1 fully saturated rings. The molecule has 0 radical (unpaired) electrons. The van der Waals surface area contributed by atoms with Crippen molar-refractivity contribution in [2.24, 2.45) is 17.6 Å². The first kappa shape index (κ1) is 15.9. The van der Waals surface area contributed by atoms with Crippen LogP contribution >= 0.6 is 0 Å². The summed E-state index contributed by atoms with van der Waals surface area (Å²) in [5.41, 5.74) is 8.36. The molecule has 3 aliphatic rings. The van der Waals surface area contributed by atoms with Gasteiger partial charge in [0.2, 0.25) is 0 Å². The number of anilines is 1. The molecule has 3 N–H and O–H groups in total. The van der Waals surface area contributed by atoms with Crippen LogP contribution in [-0.4, -0.2) is 18.7 Å². The average molecular weight is 328 g/mol. The van der Waals surface area contributed by atoms with Gasteiger partial charge in [0.1, 0.15) is 5.82 Å². The molecular formula is C20H25FN2O. The molecule has 0 aromatic heterocycles. The van der Waals surface area contributed by atoms with Crippen LogP contribution in [-0.2, 0) is 4.74 Å². The van der Waals surface area contributed by atoms with Crippen molar-refractivity contribution in [3.63, 3.8) is 0 Å². The number of aryl methyl sites for hydroxylation is 1. The second kappa shape index (κ2) is 6.34. The summed E-state index contributed by atoms with van der Waals surface area (Å²) < 4.78 is 21.0. The Morgan fingerprint density at radius 2 is 2.17 bits per heavy atom. The lowest BCUT2D eigenvalue weighted by Crippen LogP contribution is -2.48.